The average molecular weight is 538 g/mol. The van der Waals surface area contributed by atoms with Crippen LogP contribution >= 0.6 is 0 Å². The molecule has 0 unspecified atom stereocenters. The molecule has 1 amide bonds. The zero-order chi connectivity index (χ0) is 27.9. The summed E-state index contributed by atoms with van der Waals surface area (Å²) in [5, 5.41) is 21.0. The number of carbonyl (C=O) groups excluding carboxylic acids is 1. The topological polar surface area (TPSA) is 92.4 Å². The summed E-state index contributed by atoms with van der Waals surface area (Å²) < 4.78 is 20.9. The summed E-state index contributed by atoms with van der Waals surface area (Å²) >= 11 is 0. The number of ether oxygens (including phenoxy) is 1. The van der Waals surface area contributed by atoms with Crippen molar-refractivity contribution >= 4 is 11.6 Å². The minimum Gasteiger partial charge on any atom is -0.487 e. The molecule has 0 aromatic heterocycles. The molecule has 7 nitrogen and oxygen atoms in total. The van der Waals surface area contributed by atoms with Crippen molar-refractivity contribution in [2.45, 2.75) is 44.4 Å². The molecule has 2 saturated heterocycles. The van der Waals surface area contributed by atoms with Crippen LogP contribution in [0.2, 0.25) is 0 Å². The molecule has 0 spiro atoms. The Morgan fingerprint density at radius 3 is 2.10 bits per heavy atom. The van der Waals surface area contributed by atoms with Crippen LogP contribution in [0, 0.1) is 28.5 Å². The van der Waals surface area contributed by atoms with Crippen molar-refractivity contribution in [2.24, 2.45) is 0 Å². The molecular formula is C32H32FN5O2. The second kappa shape index (κ2) is 12.6. The summed E-state index contributed by atoms with van der Waals surface area (Å²) in [5.74, 6) is -0.629. The van der Waals surface area contributed by atoms with Crippen molar-refractivity contribution in [3.05, 3.63) is 94.8 Å². The lowest BCUT2D eigenvalue weighted by molar-refractivity contribution is 0.0908. The number of nitrogens with one attached hydrogen (secondary N) is 1. The number of carbonyl (C=O) groups is 1. The number of nitriles is 2. The summed E-state index contributed by atoms with van der Waals surface area (Å²) in [6, 6.07) is 23.9. The molecule has 2 aliphatic heterocycles. The van der Waals surface area contributed by atoms with Crippen LogP contribution < -0.4 is 15.0 Å². The van der Waals surface area contributed by atoms with Crippen molar-refractivity contribution in [3.8, 4) is 17.9 Å². The minimum atomic E-state index is -0.528. The van der Waals surface area contributed by atoms with Gasteiger partial charge in [0, 0.05) is 62.9 Å². The van der Waals surface area contributed by atoms with Gasteiger partial charge in [-0.15, -0.1) is 0 Å². The van der Waals surface area contributed by atoms with Crippen LogP contribution in [0.25, 0.3) is 0 Å². The van der Waals surface area contributed by atoms with Gasteiger partial charge in [-0.05, 0) is 73.0 Å². The van der Waals surface area contributed by atoms with E-state index in [2.05, 4.69) is 27.3 Å². The molecule has 5 rings (SSSR count). The number of halogens is 1. The maximum absolute atomic E-state index is 14.9. The molecule has 2 heterocycles. The fourth-order valence-corrected chi connectivity index (χ4v) is 5.34. The fourth-order valence-electron chi connectivity index (χ4n) is 5.34. The summed E-state index contributed by atoms with van der Waals surface area (Å²) in [6.07, 6.45) is 3.06. The molecule has 0 aliphatic carbocycles. The highest BCUT2D eigenvalue weighted by Crippen LogP contribution is 2.26. The standard InChI is InChI=1S/C32H32FN5O2/c33-30-19-26(32(39)36-27-11-15-37(16-12-27)22-25-3-1-23(20-34)2-4-25)7-10-31(30)40-29-13-17-38(18-14-29)28-8-5-24(21-35)6-9-28/h1-10,19,27,29H,11-18,22H2,(H,36,39). The highest BCUT2D eigenvalue weighted by atomic mass is 19.1. The fraction of sp³-hybridized carbons (Fsp3) is 0.344. The molecule has 3 aromatic rings. The quantitative estimate of drug-likeness (QED) is 0.456. The van der Waals surface area contributed by atoms with E-state index in [-0.39, 0.29) is 23.8 Å². The van der Waals surface area contributed by atoms with Crippen molar-refractivity contribution in [1.82, 2.24) is 10.2 Å². The Kier molecular flexibility index (Phi) is 8.59. The summed E-state index contributed by atoms with van der Waals surface area (Å²) in [4.78, 5) is 17.4. The lowest BCUT2D eigenvalue weighted by Crippen LogP contribution is -2.44. The first-order valence-corrected chi connectivity index (χ1v) is 13.7. The first-order valence-electron chi connectivity index (χ1n) is 13.7. The van der Waals surface area contributed by atoms with Crippen molar-refractivity contribution in [1.29, 1.82) is 10.5 Å². The van der Waals surface area contributed by atoms with Gasteiger partial charge < -0.3 is 15.0 Å². The monoisotopic (exact) mass is 537 g/mol. The number of piperidine rings is 2. The van der Waals surface area contributed by atoms with Gasteiger partial charge in [-0.2, -0.15) is 10.5 Å². The number of nitrogens with zero attached hydrogens (tertiary/aromatic N) is 4. The van der Waals surface area contributed by atoms with Crippen LogP contribution in [0.15, 0.2) is 66.7 Å². The van der Waals surface area contributed by atoms with Crippen molar-refractivity contribution < 1.29 is 13.9 Å². The highest BCUT2D eigenvalue weighted by molar-refractivity contribution is 5.94. The molecule has 3 aromatic carbocycles. The van der Waals surface area contributed by atoms with Crippen LogP contribution in [-0.4, -0.2) is 49.1 Å². The Morgan fingerprint density at radius 1 is 0.875 bits per heavy atom. The molecule has 0 radical (unpaired) electrons. The van der Waals surface area contributed by atoms with E-state index in [1.54, 1.807) is 12.1 Å². The zero-order valence-electron chi connectivity index (χ0n) is 22.4. The normalized spacial score (nSPS) is 16.6. The third-order valence-electron chi connectivity index (χ3n) is 7.70. The van der Waals surface area contributed by atoms with Gasteiger partial charge >= 0.3 is 0 Å². The molecule has 40 heavy (non-hydrogen) atoms. The van der Waals surface area contributed by atoms with Crippen LogP contribution in [-0.2, 0) is 6.54 Å². The van der Waals surface area contributed by atoms with Gasteiger partial charge in [-0.3, -0.25) is 9.69 Å². The lowest BCUT2D eigenvalue weighted by atomic mass is 10.0. The number of likely N-dealkylation sites (tertiary alicyclic amines) is 1. The average Bonchev–Trinajstić information content (AvgIpc) is 3.00. The summed E-state index contributed by atoms with van der Waals surface area (Å²) in [5.41, 5.74) is 3.81. The van der Waals surface area contributed by atoms with Crippen LogP contribution in [0.4, 0.5) is 10.1 Å². The molecule has 2 fully saturated rings. The van der Waals surface area contributed by atoms with Gasteiger partial charge in [0.05, 0.1) is 23.3 Å². The molecule has 8 heteroatoms. The summed E-state index contributed by atoms with van der Waals surface area (Å²) in [7, 11) is 0. The van der Waals surface area contributed by atoms with Gasteiger partial charge in [0.15, 0.2) is 11.6 Å². The van der Waals surface area contributed by atoms with Crippen LogP contribution in [0.1, 0.15) is 52.7 Å². The third-order valence-corrected chi connectivity index (χ3v) is 7.70. The Balaban J connectivity index is 1.07. The van der Waals surface area contributed by atoms with Gasteiger partial charge in [-0.25, -0.2) is 4.39 Å². The largest absolute Gasteiger partial charge is 0.487 e. The van der Waals surface area contributed by atoms with E-state index in [1.165, 1.54) is 6.07 Å². The number of anilines is 1. The van der Waals surface area contributed by atoms with Crippen LogP contribution in [0.5, 0.6) is 5.75 Å². The Bertz CT molecular complexity index is 1400. The number of amides is 1. The zero-order valence-corrected chi connectivity index (χ0v) is 22.4. The highest BCUT2D eigenvalue weighted by Gasteiger charge is 2.24. The third kappa shape index (κ3) is 6.77. The predicted octanol–water partition coefficient (Wildman–Crippen LogP) is 5.01. The van der Waals surface area contributed by atoms with E-state index >= 15 is 0 Å². The number of benzene rings is 3. The Labute approximate surface area is 234 Å². The van der Waals surface area contributed by atoms with E-state index in [1.807, 2.05) is 48.5 Å². The Morgan fingerprint density at radius 2 is 1.50 bits per heavy atom. The van der Waals surface area contributed by atoms with E-state index in [4.69, 9.17) is 15.3 Å². The number of hydrogen-bond donors (Lipinski definition) is 1. The van der Waals surface area contributed by atoms with Crippen molar-refractivity contribution in [2.75, 3.05) is 31.1 Å². The second-order valence-corrected chi connectivity index (χ2v) is 10.4. The van der Waals surface area contributed by atoms with Gasteiger partial charge in [-0.1, -0.05) is 12.1 Å². The van der Waals surface area contributed by atoms with E-state index in [0.29, 0.717) is 16.7 Å². The molecular weight excluding hydrogens is 505 g/mol. The van der Waals surface area contributed by atoms with Crippen molar-refractivity contribution in [3.63, 3.8) is 0 Å². The molecule has 1 N–H and O–H groups in total. The molecule has 204 valence electrons. The van der Waals surface area contributed by atoms with Gasteiger partial charge in [0.25, 0.3) is 5.91 Å². The van der Waals surface area contributed by atoms with Gasteiger partial charge in [0.2, 0.25) is 0 Å². The molecule has 0 bridgehead atoms. The number of hydrogen-bond acceptors (Lipinski definition) is 6. The van der Waals surface area contributed by atoms with E-state index < -0.39 is 5.82 Å². The second-order valence-electron chi connectivity index (χ2n) is 10.4. The molecule has 0 atom stereocenters. The molecule has 2 aliphatic rings. The van der Waals surface area contributed by atoms with Gasteiger partial charge in [0.1, 0.15) is 6.10 Å². The smallest absolute Gasteiger partial charge is 0.251 e. The minimum absolute atomic E-state index is 0.0463. The first kappa shape index (κ1) is 27.2. The first-order chi connectivity index (χ1) is 19.5. The van der Waals surface area contributed by atoms with E-state index in [9.17, 15) is 9.18 Å². The Hall–Kier alpha value is -4.40. The molecule has 0 saturated carbocycles. The van der Waals surface area contributed by atoms with Crippen LogP contribution in [0.3, 0.4) is 0 Å². The SMILES string of the molecule is N#Cc1ccc(CN2CCC(NC(=O)c3ccc(OC4CCN(c5ccc(C#N)cc5)CC4)c(F)c3)CC2)cc1. The maximum Gasteiger partial charge on any atom is 0.251 e. The maximum atomic E-state index is 14.9. The summed E-state index contributed by atoms with van der Waals surface area (Å²) in [6.45, 7) is 4.09. The van der Waals surface area contributed by atoms with E-state index in [0.717, 1.165) is 69.7 Å². The number of rotatable bonds is 7. The lowest BCUT2D eigenvalue weighted by Gasteiger charge is -2.33. The predicted molar refractivity (Wildman–Crippen MR) is 150 cm³/mol.